The SMILES string of the molecule is O=C(c1cccs1)N1CCN(C(c2ccccc2)c2ccccc2)CC1.[Cl-]. The molecule has 27 heavy (non-hydrogen) atoms. The molecule has 3 aromatic rings. The van der Waals surface area contributed by atoms with Crippen LogP contribution in [0.25, 0.3) is 0 Å². The first kappa shape index (κ1) is 19.6. The molecule has 2 heterocycles. The maximum Gasteiger partial charge on any atom is 0.264 e. The van der Waals surface area contributed by atoms with Crippen LogP contribution >= 0.6 is 11.3 Å². The molecule has 4 rings (SSSR count). The van der Waals surface area contributed by atoms with Crippen molar-refractivity contribution in [3.05, 3.63) is 94.2 Å². The Bertz CT molecular complexity index is 792. The summed E-state index contributed by atoms with van der Waals surface area (Å²) in [6.45, 7) is 3.30. The maximum absolute atomic E-state index is 12.6. The molecule has 5 heteroatoms. The molecule has 1 aliphatic rings. The van der Waals surface area contributed by atoms with Crippen LogP contribution in [0.15, 0.2) is 78.2 Å². The first-order valence-corrected chi connectivity index (χ1v) is 9.87. The molecule has 1 amide bonds. The molecule has 0 N–H and O–H groups in total. The van der Waals surface area contributed by atoms with Gasteiger partial charge in [0.25, 0.3) is 5.91 Å². The van der Waals surface area contributed by atoms with Gasteiger partial charge in [-0.05, 0) is 22.6 Å². The van der Waals surface area contributed by atoms with Crippen molar-refractivity contribution in [1.29, 1.82) is 0 Å². The highest BCUT2D eigenvalue weighted by molar-refractivity contribution is 7.12. The lowest BCUT2D eigenvalue weighted by Gasteiger charge is -2.39. The van der Waals surface area contributed by atoms with E-state index in [4.69, 9.17) is 0 Å². The van der Waals surface area contributed by atoms with E-state index >= 15 is 0 Å². The van der Waals surface area contributed by atoms with Crippen LogP contribution in [0.2, 0.25) is 0 Å². The fourth-order valence-electron chi connectivity index (χ4n) is 3.62. The Morgan fingerprint density at radius 2 is 1.33 bits per heavy atom. The molecule has 1 aromatic heterocycles. The number of rotatable bonds is 4. The largest absolute Gasteiger partial charge is 1.00 e. The minimum absolute atomic E-state index is 0. The molecule has 1 fully saturated rings. The van der Waals surface area contributed by atoms with Gasteiger partial charge >= 0.3 is 0 Å². The molecule has 2 aromatic carbocycles. The number of hydrogen-bond acceptors (Lipinski definition) is 3. The Balaban J connectivity index is 0.00000210. The number of carbonyl (C=O) groups excluding carboxylic acids is 1. The van der Waals surface area contributed by atoms with Crippen LogP contribution < -0.4 is 12.4 Å². The van der Waals surface area contributed by atoms with Crippen molar-refractivity contribution >= 4 is 17.2 Å². The summed E-state index contributed by atoms with van der Waals surface area (Å²) in [6, 6.07) is 25.4. The Hall–Kier alpha value is -2.14. The van der Waals surface area contributed by atoms with Crippen molar-refractivity contribution in [2.75, 3.05) is 26.2 Å². The summed E-state index contributed by atoms with van der Waals surface area (Å²) in [7, 11) is 0. The third kappa shape index (κ3) is 4.41. The zero-order chi connectivity index (χ0) is 17.8. The standard InChI is InChI=1S/C22H22N2OS.ClH/c25-22(20-12-7-17-26-20)24-15-13-23(14-16-24)21(18-8-3-1-4-9-18)19-10-5-2-6-11-19;/h1-12,17,21H,13-16H2;1H/p-1. The molecular formula is C22H22ClN2OS-. The summed E-state index contributed by atoms with van der Waals surface area (Å²) in [5.74, 6) is 0.163. The van der Waals surface area contributed by atoms with Gasteiger partial charge in [-0.3, -0.25) is 9.69 Å². The minimum atomic E-state index is 0. The highest BCUT2D eigenvalue weighted by Crippen LogP contribution is 2.29. The predicted molar refractivity (Wildman–Crippen MR) is 107 cm³/mol. The number of piperazine rings is 1. The lowest BCUT2D eigenvalue weighted by atomic mass is 9.96. The molecule has 0 bridgehead atoms. The second-order valence-corrected chi connectivity index (χ2v) is 7.48. The molecule has 3 nitrogen and oxygen atoms in total. The Morgan fingerprint density at radius 3 is 1.81 bits per heavy atom. The third-order valence-corrected chi connectivity index (χ3v) is 5.79. The number of benzene rings is 2. The van der Waals surface area contributed by atoms with Crippen LogP contribution in [0.3, 0.4) is 0 Å². The topological polar surface area (TPSA) is 23.6 Å². The lowest BCUT2D eigenvalue weighted by molar-refractivity contribution is -0.0000160. The summed E-state index contributed by atoms with van der Waals surface area (Å²) in [4.78, 5) is 17.9. The van der Waals surface area contributed by atoms with E-state index in [1.54, 1.807) is 0 Å². The molecule has 1 saturated heterocycles. The van der Waals surface area contributed by atoms with Crippen LogP contribution in [0.4, 0.5) is 0 Å². The van der Waals surface area contributed by atoms with Crippen molar-refractivity contribution in [1.82, 2.24) is 9.80 Å². The van der Waals surface area contributed by atoms with E-state index in [2.05, 4.69) is 65.6 Å². The van der Waals surface area contributed by atoms with Gasteiger partial charge in [0.2, 0.25) is 0 Å². The van der Waals surface area contributed by atoms with E-state index in [-0.39, 0.29) is 24.4 Å². The number of halogens is 1. The normalized spacial score (nSPS) is 14.8. The number of thiophene rings is 1. The van der Waals surface area contributed by atoms with Crippen molar-refractivity contribution < 1.29 is 17.2 Å². The molecule has 0 atom stereocenters. The van der Waals surface area contributed by atoms with Crippen LogP contribution in [0.1, 0.15) is 26.8 Å². The highest BCUT2D eigenvalue weighted by atomic mass is 35.5. The van der Waals surface area contributed by atoms with Crippen LogP contribution in [0, 0.1) is 0 Å². The van der Waals surface area contributed by atoms with E-state index in [0.717, 1.165) is 31.1 Å². The first-order valence-electron chi connectivity index (χ1n) is 8.99. The smallest absolute Gasteiger partial charge is 0.264 e. The third-order valence-electron chi connectivity index (χ3n) is 4.93. The second-order valence-electron chi connectivity index (χ2n) is 6.53. The van der Waals surface area contributed by atoms with E-state index < -0.39 is 0 Å². The van der Waals surface area contributed by atoms with Gasteiger partial charge in [-0.1, -0.05) is 66.7 Å². The average molecular weight is 398 g/mol. The molecular weight excluding hydrogens is 376 g/mol. The van der Waals surface area contributed by atoms with Gasteiger partial charge in [-0.15, -0.1) is 11.3 Å². The monoisotopic (exact) mass is 397 g/mol. The van der Waals surface area contributed by atoms with Crippen molar-refractivity contribution in [3.63, 3.8) is 0 Å². The Morgan fingerprint density at radius 1 is 0.778 bits per heavy atom. The van der Waals surface area contributed by atoms with Crippen molar-refractivity contribution in [3.8, 4) is 0 Å². The molecule has 1 aliphatic heterocycles. The summed E-state index contributed by atoms with van der Waals surface area (Å²) in [5, 5.41) is 1.96. The fraction of sp³-hybridized carbons (Fsp3) is 0.227. The molecule has 0 aliphatic carbocycles. The first-order chi connectivity index (χ1) is 12.8. The summed E-state index contributed by atoms with van der Waals surface area (Å²) >= 11 is 1.52. The van der Waals surface area contributed by atoms with Gasteiger partial charge in [0.1, 0.15) is 0 Å². The van der Waals surface area contributed by atoms with Gasteiger partial charge in [0, 0.05) is 26.2 Å². The summed E-state index contributed by atoms with van der Waals surface area (Å²) in [5.41, 5.74) is 2.61. The van der Waals surface area contributed by atoms with E-state index in [9.17, 15) is 4.79 Å². The molecule has 0 unspecified atom stereocenters. The molecule has 0 spiro atoms. The molecule has 0 radical (unpaired) electrons. The number of nitrogens with zero attached hydrogens (tertiary/aromatic N) is 2. The molecule has 140 valence electrons. The fourth-order valence-corrected chi connectivity index (χ4v) is 4.31. The maximum atomic E-state index is 12.6. The number of amides is 1. The van der Waals surface area contributed by atoms with Gasteiger partial charge in [0.05, 0.1) is 10.9 Å². The molecule has 0 saturated carbocycles. The summed E-state index contributed by atoms with van der Waals surface area (Å²) < 4.78 is 0. The van der Waals surface area contributed by atoms with Gasteiger partial charge in [0.15, 0.2) is 0 Å². The van der Waals surface area contributed by atoms with Gasteiger partial charge in [-0.25, -0.2) is 0 Å². The van der Waals surface area contributed by atoms with Crippen LogP contribution in [-0.2, 0) is 0 Å². The van der Waals surface area contributed by atoms with E-state index in [1.165, 1.54) is 22.5 Å². The summed E-state index contributed by atoms with van der Waals surface area (Å²) in [6.07, 6.45) is 0. The van der Waals surface area contributed by atoms with E-state index in [0.29, 0.717) is 0 Å². The second kappa shape index (κ2) is 9.18. The zero-order valence-corrected chi connectivity index (χ0v) is 16.6. The quantitative estimate of drug-likeness (QED) is 0.662. The highest BCUT2D eigenvalue weighted by Gasteiger charge is 2.28. The van der Waals surface area contributed by atoms with Crippen molar-refractivity contribution in [2.45, 2.75) is 6.04 Å². The lowest BCUT2D eigenvalue weighted by Crippen LogP contribution is -3.00. The van der Waals surface area contributed by atoms with E-state index in [1.807, 2.05) is 22.4 Å². The predicted octanol–water partition coefficient (Wildman–Crippen LogP) is 1.30. The number of carbonyl (C=O) groups is 1. The van der Waals surface area contributed by atoms with Crippen LogP contribution in [-0.4, -0.2) is 41.9 Å². The Kier molecular flexibility index (Phi) is 6.67. The van der Waals surface area contributed by atoms with Crippen LogP contribution in [0.5, 0.6) is 0 Å². The van der Waals surface area contributed by atoms with Crippen molar-refractivity contribution in [2.24, 2.45) is 0 Å². The Labute approximate surface area is 170 Å². The van der Waals surface area contributed by atoms with Gasteiger partial charge in [-0.2, -0.15) is 0 Å². The van der Waals surface area contributed by atoms with Gasteiger partial charge < -0.3 is 17.3 Å². The number of hydrogen-bond donors (Lipinski definition) is 0. The minimum Gasteiger partial charge on any atom is -1.00 e. The average Bonchev–Trinajstić information content (AvgIpc) is 3.25. The zero-order valence-electron chi connectivity index (χ0n) is 15.0.